The molecule has 3 nitrogen and oxygen atoms in total. The van der Waals surface area contributed by atoms with Crippen molar-refractivity contribution in [3.63, 3.8) is 0 Å². The van der Waals surface area contributed by atoms with Crippen LogP contribution >= 0.6 is 0 Å². The number of hydrogen-bond donors (Lipinski definition) is 1. The summed E-state index contributed by atoms with van der Waals surface area (Å²) in [7, 11) is 0. The first kappa shape index (κ1) is 12.6. The molecule has 1 N–H and O–H groups in total. The van der Waals surface area contributed by atoms with Crippen LogP contribution in [0.15, 0.2) is 65.3 Å². The standard InChI is InChI=1S/C17H14O3/c18-15(17(19)13-4-2-1-3-5-13)11-12-6-7-16-14(10-12)8-9-20-16/h1-10,15,18H,11H2. The van der Waals surface area contributed by atoms with Crippen LogP contribution < -0.4 is 0 Å². The lowest BCUT2D eigenvalue weighted by Gasteiger charge is -2.09. The molecule has 0 fully saturated rings. The normalized spacial score (nSPS) is 12.4. The fourth-order valence-electron chi connectivity index (χ4n) is 2.25. The average Bonchev–Trinajstić information content (AvgIpc) is 2.95. The molecule has 1 atom stereocenters. The Bertz CT molecular complexity index is 728. The van der Waals surface area contributed by atoms with Crippen LogP contribution in [0.1, 0.15) is 15.9 Å². The van der Waals surface area contributed by atoms with Gasteiger partial charge in [0.05, 0.1) is 6.26 Å². The van der Waals surface area contributed by atoms with Gasteiger partial charge in [0, 0.05) is 17.4 Å². The quantitative estimate of drug-likeness (QED) is 0.738. The van der Waals surface area contributed by atoms with Gasteiger partial charge in [0.1, 0.15) is 11.7 Å². The zero-order valence-electron chi connectivity index (χ0n) is 10.8. The lowest BCUT2D eigenvalue weighted by atomic mass is 9.99. The summed E-state index contributed by atoms with van der Waals surface area (Å²) in [5.74, 6) is -0.252. The van der Waals surface area contributed by atoms with Gasteiger partial charge in [-0.15, -0.1) is 0 Å². The Labute approximate surface area is 116 Å². The Morgan fingerprint density at radius 3 is 2.70 bits per heavy atom. The smallest absolute Gasteiger partial charge is 0.191 e. The second-order valence-electron chi connectivity index (χ2n) is 4.74. The first-order chi connectivity index (χ1) is 9.74. The van der Waals surface area contributed by atoms with E-state index in [1.54, 1.807) is 30.5 Å². The van der Waals surface area contributed by atoms with Gasteiger partial charge >= 0.3 is 0 Å². The molecule has 1 unspecified atom stereocenters. The fraction of sp³-hybridized carbons (Fsp3) is 0.118. The monoisotopic (exact) mass is 266 g/mol. The molecule has 0 spiro atoms. The summed E-state index contributed by atoms with van der Waals surface area (Å²) in [6, 6.07) is 16.4. The highest BCUT2D eigenvalue weighted by molar-refractivity contribution is 5.99. The molecule has 0 saturated carbocycles. The molecule has 100 valence electrons. The predicted octanol–water partition coefficient (Wildman–Crippen LogP) is 3.22. The van der Waals surface area contributed by atoms with Crippen molar-refractivity contribution in [2.45, 2.75) is 12.5 Å². The molecule has 0 aliphatic rings. The van der Waals surface area contributed by atoms with Crippen molar-refractivity contribution in [2.24, 2.45) is 0 Å². The lowest BCUT2D eigenvalue weighted by Crippen LogP contribution is -2.22. The number of aliphatic hydroxyl groups excluding tert-OH is 1. The van der Waals surface area contributed by atoms with Crippen LogP contribution in [0.3, 0.4) is 0 Å². The Morgan fingerprint density at radius 1 is 1.10 bits per heavy atom. The molecular formula is C17H14O3. The molecule has 3 heteroatoms. The van der Waals surface area contributed by atoms with Crippen molar-refractivity contribution in [1.82, 2.24) is 0 Å². The average molecular weight is 266 g/mol. The summed E-state index contributed by atoms with van der Waals surface area (Å²) in [6.07, 6.45) is 0.899. The van der Waals surface area contributed by atoms with Gasteiger partial charge in [-0.3, -0.25) is 4.79 Å². The van der Waals surface area contributed by atoms with Crippen molar-refractivity contribution >= 4 is 16.8 Å². The number of Topliss-reactive ketones (excluding diaryl/α,β-unsaturated/α-hetero) is 1. The third kappa shape index (κ3) is 2.49. The fourth-order valence-corrected chi connectivity index (χ4v) is 2.25. The van der Waals surface area contributed by atoms with E-state index in [2.05, 4.69) is 0 Å². The Balaban J connectivity index is 1.78. The number of hydrogen-bond acceptors (Lipinski definition) is 3. The first-order valence-corrected chi connectivity index (χ1v) is 6.47. The molecule has 0 aliphatic heterocycles. The second-order valence-corrected chi connectivity index (χ2v) is 4.74. The van der Waals surface area contributed by atoms with E-state index in [0.717, 1.165) is 16.5 Å². The largest absolute Gasteiger partial charge is 0.464 e. The van der Waals surface area contributed by atoms with Crippen molar-refractivity contribution in [3.05, 3.63) is 72.0 Å². The molecule has 3 rings (SSSR count). The van der Waals surface area contributed by atoms with Crippen LogP contribution in [-0.2, 0) is 6.42 Å². The van der Waals surface area contributed by atoms with Crippen molar-refractivity contribution < 1.29 is 14.3 Å². The maximum absolute atomic E-state index is 12.1. The van der Waals surface area contributed by atoms with E-state index < -0.39 is 6.10 Å². The Hall–Kier alpha value is -2.39. The summed E-state index contributed by atoms with van der Waals surface area (Å²) in [6.45, 7) is 0. The highest BCUT2D eigenvalue weighted by Crippen LogP contribution is 2.18. The van der Waals surface area contributed by atoms with E-state index in [4.69, 9.17) is 4.42 Å². The van der Waals surface area contributed by atoms with Gasteiger partial charge in [0.15, 0.2) is 5.78 Å². The summed E-state index contributed by atoms with van der Waals surface area (Å²) < 4.78 is 5.27. The third-order valence-corrected chi connectivity index (χ3v) is 3.31. The molecule has 3 aromatic rings. The second kappa shape index (κ2) is 5.31. The van der Waals surface area contributed by atoms with Gasteiger partial charge in [-0.1, -0.05) is 36.4 Å². The van der Waals surface area contributed by atoms with Crippen LogP contribution in [0.2, 0.25) is 0 Å². The number of furan rings is 1. The molecule has 0 amide bonds. The summed E-state index contributed by atoms with van der Waals surface area (Å²) in [5, 5.41) is 11.0. The van der Waals surface area contributed by atoms with Gasteiger partial charge in [-0.05, 0) is 23.8 Å². The number of fused-ring (bicyclic) bond motifs is 1. The molecule has 1 aromatic heterocycles. The molecule has 0 saturated heterocycles. The summed E-state index contributed by atoms with van der Waals surface area (Å²) in [5.41, 5.74) is 2.25. The number of carbonyl (C=O) groups is 1. The molecule has 0 radical (unpaired) electrons. The zero-order chi connectivity index (χ0) is 13.9. The molecule has 2 aromatic carbocycles. The van der Waals surface area contributed by atoms with Crippen LogP contribution in [0.5, 0.6) is 0 Å². The van der Waals surface area contributed by atoms with Crippen molar-refractivity contribution in [2.75, 3.05) is 0 Å². The van der Waals surface area contributed by atoms with Gasteiger partial charge in [-0.2, -0.15) is 0 Å². The zero-order valence-corrected chi connectivity index (χ0v) is 10.8. The topological polar surface area (TPSA) is 50.4 Å². The van der Waals surface area contributed by atoms with E-state index in [-0.39, 0.29) is 5.78 Å². The number of aliphatic hydroxyl groups is 1. The van der Waals surface area contributed by atoms with Gasteiger partial charge in [-0.25, -0.2) is 0 Å². The molecular weight excluding hydrogens is 252 g/mol. The molecule has 20 heavy (non-hydrogen) atoms. The van der Waals surface area contributed by atoms with Crippen LogP contribution in [-0.4, -0.2) is 17.0 Å². The third-order valence-electron chi connectivity index (χ3n) is 3.31. The number of ketones is 1. The number of carbonyl (C=O) groups excluding carboxylic acids is 1. The van der Waals surface area contributed by atoms with E-state index in [9.17, 15) is 9.90 Å². The highest BCUT2D eigenvalue weighted by Gasteiger charge is 2.17. The van der Waals surface area contributed by atoms with Crippen LogP contribution in [0, 0.1) is 0 Å². The maximum atomic E-state index is 12.1. The summed E-state index contributed by atoms with van der Waals surface area (Å²) in [4.78, 5) is 12.1. The SMILES string of the molecule is O=C(c1ccccc1)C(O)Cc1ccc2occc2c1. The Morgan fingerprint density at radius 2 is 1.90 bits per heavy atom. The van der Waals surface area contributed by atoms with E-state index in [0.29, 0.717) is 12.0 Å². The number of rotatable bonds is 4. The molecule has 0 bridgehead atoms. The molecule has 1 heterocycles. The highest BCUT2D eigenvalue weighted by atomic mass is 16.3. The minimum absolute atomic E-state index is 0.252. The van der Waals surface area contributed by atoms with Gasteiger partial charge in [0.2, 0.25) is 0 Å². The van der Waals surface area contributed by atoms with Gasteiger partial charge in [0.25, 0.3) is 0 Å². The van der Waals surface area contributed by atoms with E-state index in [1.165, 1.54) is 0 Å². The van der Waals surface area contributed by atoms with E-state index >= 15 is 0 Å². The minimum Gasteiger partial charge on any atom is -0.464 e. The van der Waals surface area contributed by atoms with E-state index in [1.807, 2.05) is 30.3 Å². The Kier molecular flexibility index (Phi) is 3.35. The molecule has 0 aliphatic carbocycles. The minimum atomic E-state index is -1.03. The first-order valence-electron chi connectivity index (χ1n) is 6.47. The van der Waals surface area contributed by atoms with Crippen LogP contribution in [0.4, 0.5) is 0 Å². The van der Waals surface area contributed by atoms with Gasteiger partial charge < -0.3 is 9.52 Å². The maximum Gasteiger partial charge on any atom is 0.191 e. The van der Waals surface area contributed by atoms with Crippen molar-refractivity contribution in [1.29, 1.82) is 0 Å². The van der Waals surface area contributed by atoms with Crippen molar-refractivity contribution in [3.8, 4) is 0 Å². The summed E-state index contributed by atoms with van der Waals surface area (Å²) >= 11 is 0. The predicted molar refractivity (Wildman–Crippen MR) is 76.7 cm³/mol. The lowest BCUT2D eigenvalue weighted by molar-refractivity contribution is 0.0748. The number of benzene rings is 2. The van der Waals surface area contributed by atoms with Crippen LogP contribution in [0.25, 0.3) is 11.0 Å².